The fraction of sp³-hybridized carbons (Fsp3) is 0.235. The molecule has 3 aromatic rings. The van der Waals surface area contributed by atoms with E-state index >= 15 is 0 Å². The molecule has 1 amide bonds. The van der Waals surface area contributed by atoms with E-state index in [9.17, 15) is 4.79 Å². The molecule has 0 saturated heterocycles. The van der Waals surface area contributed by atoms with Gasteiger partial charge in [-0.2, -0.15) is 0 Å². The molecule has 0 spiro atoms. The normalized spacial score (nSPS) is 10.6. The van der Waals surface area contributed by atoms with Gasteiger partial charge in [0.25, 0.3) is 5.91 Å². The summed E-state index contributed by atoms with van der Waals surface area (Å²) in [5, 5.41) is 11.1. The lowest BCUT2D eigenvalue weighted by atomic mass is 10.2. The summed E-state index contributed by atoms with van der Waals surface area (Å²) in [5.74, 6) is 1.75. The van der Waals surface area contributed by atoms with Crippen molar-refractivity contribution in [3.8, 4) is 11.5 Å². The quantitative estimate of drug-likeness (QED) is 0.746. The SMILES string of the molecule is COc1cc(OC)cc(C(=O)NCCc2nnc3ccccn23)c1. The number of fused-ring (bicyclic) bond motifs is 1. The maximum Gasteiger partial charge on any atom is 0.251 e. The molecular formula is C17H18N4O3. The Balaban J connectivity index is 1.65. The Labute approximate surface area is 139 Å². The minimum Gasteiger partial charge on any atom is -0.497 e. The summed E-state index contributed by atoms with van der Waals surface area (Å²) in [7, 11) is 3.10. The lowest BCUT2D eigenvalue weighted by Gasteiger charge is -2.09. The molecule has 0 atom stereocenters. The Morgan fingerprint density at radius 1 is 1.12 bits per heavy atom. The number of pyridine rings is 1. The third kappa shape index (κ3) is 3.29. The average molecular weight is 326 g/mol. The number of methoxy groups -OCH3 is 2. The van der Waals surface area contributed by atoms with E-state index in [1.165, 1.54) is 0 Å². The molecule has 0 bridgehead atoms. The van der Waals surface area contributed by atoms with Crippen molar-refractivity contribution in [2.45, 2.75) is 6.42 Å². The molecule has 0 unspecified atom stereocenters. The van der Waals surface area contributed by atoms with Crippen LogP contribution in [0.2, 0.25) is 0 Å². The molecule has 0 aliphatic heterocycles. The van der Waals surface area contributed by atoms with Gasteiger partial charge in [-0.3, -0.25) is 9.20 Å². The molecular weight excluding hydrogens is 308 g/mol. The van der Waals surface area contributed by atoms with Crippen molar-refractivity contribution in [2.75, 3.05) is 20.8 Å². The third-order valence-corrected chi connectivity index (χ3v) is 3.63. The highest BCUT2D eigenvalue weighted by Gasteiger charge is 2.10. The third-order valence-electron chi connectivity index (χ3n) is 3.63. The van der Waals surface area contributed by atoms with Crippen molar-refractivity contribution in [3.63, 3.8) is 0 Å². The fourth-order valence-electron chi connectivity index (χ4n) is 2.39. The molecule has 0 aliphatic carbocycles. The Kier molecular flexibility index (Phi) is 4.60. The molecule has 124 valence electrons. The van der Waals surface area contributed by atoms with Crippen molar-refractivity contribution < 1.29 is 14.3 Å². The van der Waals surface area contributed by atoms with Crippen LogP contribution in [-0.2, 0) is 6.42 Å². The van der Waals surface area contributed by atoms with Crippen molar-refractivity contribution in [3.05, 3.63) is 54.0 Å². The van der Waals surface area contributed by atoms with E-state index < -0.39 is 0 Å². The van der Waals surface area contributed by atoms with Gasteiger partial charge in [-0.25, -0.2) is 0 Å². The average Bonchev–Trinajstić information content (AvgIpc) is 3.04. The minimum absolute atomic E-state index is 0.193. The monoisotopic (exact) mass is 326 g/mol. The highest BCUT2D eigenvalue weighted by atomic mass is 16.5. The summed E-state index contributed by atoms with van der Waals surface area (Å²) in [5.41, 5.74) is 1.27. The van der Waals surface area contributed by atoms with Crippen LogP contribution in [0.4, 0.5) is 0 Å². The van der Waals surface area contributed by atoms with Crippen LogP contribution in [0.3, 0.4) is 0 Å². The molecule has 0 radical (unpaired) electrons. The molecule has 0 aliphatic rings. The lowest BCUT2D eigenvalue weighted by Crippen LogP contribution is -2.26. The Hall–Kier alpha value is -3.09. The van der Waals surface area contributed by atoms with Crippen LogP contribution < -0.4 is 14.8 Å². The summed E-state index contributed by atoms with van der Waals surface area (Å²) in [4.78, 5) is 12.3. The summed E-state index contributed by atoms with van der Waals surface area (Å²) in [6.07, 6.45) is 2.48. The van der Waals surface area contributed by atoms with E-state index in [1.807, 2.05) is 28.8 Å². The largest absolute Gasteiger partial charge is 0.497 e. The van der Waals surface area contributed by atoms with E-state index in [0.717, 1.165) is 11.5 Å². The highest BCUT2D eigenvalue weighted by molar-refractivity contribution is 5.95. The second-order valence-electron chi connectivity index (χ2n) is 5.15. The minimum atomic E-state index is -0.193. The smallest absolute Gasteiger partial charge is 0.251 e. The van der Waals surface area contributed by atoms with Gasteiger partial charge in [-0.15, -0.1) is 10.2 Å². The zero-order valence-corrected chi connectivity index (χ0v) is 13.5. The molecule has 24 heavy (non-hydrogen) atoms. The molecule has 2 aromatic heterocycles. The van der Waals surface area contributed by atoms with Crippen LogP contribution in [0.5, 0.6) is 11.5 Å². The zero-order chi connectivity index (χ0) is 16.9. The molecule has 0 fully saturated rings. The zero-order valence-electron chi connectivity index (χ0n) is 13.5. The molecule has 0 saturated carbocycles. The van der Waals surface area contributed by atoms with Crippen molar-refractivity contribution in [1.29, 1.82) is 0 Å². The maximum absolute atomic E-state index is 12.3. The van der Waals surface area contributed by atoms with Gasteiger partial charge < -0.3 is 14.8 Å². The summed E-state index contributed by atoms with van der Waals surface area (Å²) in [6.45, 7) is 0.452. The number of carbonyl (C=O) groups is 1. The predicted molar refractivity (Wildman–Crippen MR) is 88.6 cm³/mol. The van der Waals surface area contributed by atoms with Gasteiger partial charge in [0.1, 0.15) is 17.3 Å². The number of nitrogens with one attached hydrogen (secondary N) is 1. The molecule has 7 heteroatoms. The molecule has 1 aromatic carbocycles. The van der Waals surface area contributed by atoms with Crippen LogP contribution in [0.1, 0.15) is 16.2 Å². The van der Waals surface area contributed by atoms with Gasteiger partial charge >= 0.3 is 0 Å². The van der Waals surface area contributed by atoms with E-state index in [0.29, 0.717) is 30.0 Å². The van der Waals surface area contributed by atoms with Crippen molar-refractivity contribution in [1.82, 2.24) is 19.9 Å². The summed E-state index contributed by atoms with van der Waals surface area (Å²) in [6, 6.07) is 10.8. The van der Waals surface area contributed by atoms with E-state index in [1.54, 1.807) is 32.4 Å². The van der Waals surface area contributed by atoms with Gasteiger partial charge in [0.05, 0.1) is 14.2 Å². The van der Waals surface area contributed by atoms with Crippen molar-refractivity contribution in [2.24, 2.45) is 0 Å². The number of carbonyl (C=O) groups excluding carboxylic acids is 1. The van der Waals surface area contributed by atoms with Gasteiger partial charge in [-0.05, 0) is 24.3 Å². The summed E-state index contributed by atoms with van der Waals surface area (Å²) < 4.78 is 12.3. The first-order valence-electron chi connectivity index (χ1n) is 7.51. The van der Waals surface area contributed by atoms with E-state index in [4.69, 9.17) is 9.47 Å². The number of amides is 1. The van der Waals surface area contributed by atoms with Crippen LogP contribution in [0.25, 0.3) is 5.65 Å². The first-order chi connectivity index (χ1) is 11.7. The number of rotatable bonds is 6. The number of hydrogen-bond acceptors (Lipinski definition) is 5. The van der Waals surface area contributed by atoms with E-state index in [2.05, 4.69) is 15.5 Å². The highest BCUT2D eigenvalue weighted by Crippen LogP contribution is 2.22. The topological polar surface area (TPSA) is 77.8 Å². The van der Waals surface area contributed by atoms with Crippen LogP contribution >= 0.6 is 0 Å². The summed E-state index contributed by atoms with van der Waals surface area (Å²) >= 11 is 0. The standard InChI is InChI=1S/C17H18N4O3/c1-23-13-9-12(10-14(11-13)24-2)17(22)18-7-6-16-20-19-15-5-3-4-8-21(15)16/h3-5,8-11H,6-7H2,1-2H3,(H,18,22). The van der Waals surface area contributed by atoms with E-state index in [-0.39, 0.29) is 5.91 Å². The number of nitrogens with zero attached hydrogens (tertiary/aromatic N) is 3. The molecule has 7 nitrogen and oxygen atoms in total. The molecule has 3 rings (SSSR count). The lowest BCUT2D eigenvalue weighted by molar-refractivity contribution is 0.0953. The fourth-order valence-corrected chi connectivity index (χ4v) is 2.39. The second kappa shape index (κ2) is 6.99. The Morgan fingerprint density at radius 2 is 1.88 bits per heavy atom. The second-order valence-corrected chi connectivity index (χ2v) is 5.15. The molecule has 2 heterocycles. The van der Waals surface area contributed by atoms with Gasteiger partial charge in [0, 0.05) is 30.8 Å². The van der Waals surface area contributed by atoms with Crippen molar-refractivity contribution >= 4 is 11.6 Å². The van der Waals surface area contributed by atoms with Crippen LogP contribution in [0.15, 0.2) is 42.6 Å². The van der Waals surface area contributed by atoms with Crippen LogP contribution in [0, 0.1) is 0 Å². The number of ether oxygens (including phenoxy) is 2. The first-order valence-corrected chi connectivity index (χ1v) is 7.51. The molecule has 1 N–H and O–H groups in total. The number of benzene rings is 1. The maximum atomic E-state index is 12.3. The Bertz CT molecular complexity index is 838. The van der Waals surface area contributed by atoms with Gasteiger partial charge in [0.2, 0.25) is 0 Å². The number of aromatic nitrogens is 3. The van der Waals surface area contributed by atoms with Crippen LogP contribution in [-0.4, -0.2) is 41.3 Å². The van der Waals surface area contributed by atoms with Gasteiger partial charge in [0.15, 0.2) is 5.65 Å². The first kappa shape index (κ1) is 15.8. The number of hydrogen-bond donors (Lipinski definition) is 1. The Morgan fingerprint density at radius 3 is 2.58 bits per heavy atom. The van der Waals surface area contributed by atoms with Gasteiger partial charge in [-0.1, -0.05) is 6.07 Å². The predicted octanol–water partition coefficient (Wildman–Crippen LogP) is 1.72.